The highest BCUT2D eigenvalue weighted by Crippen LogP contribution is 2.41. The maximum Gasteiger partial charge on any atom is 0.229 e. The van der Waals surface area contributed by atoms with E-state index in [0.717, 1.165) is 23.3 Å². The van der Waals surface area contributed by atoms with Gasteiger partial charge in [-0.15, -0.1) is 0 Å². The molecule has 0 radical (unpaired) electrons. The maximum atomic E-state index is 11.6. The number of thiocarbonyl (C=S) groups is 1. The Kier molecular flexibility index (Phi) is 6.45. The lowest BCUT2D eigenvalue weighted by atomic mass is 10.0. The number of ether oxygens (including phenoxy) is 1. The van der Waals surface area contributed by atoms with Crippen LogP contribution in [0.25, 0.3) is 0 Å². The van der Waals surface area contributed by atoms with Crippen LogP contribution in [0.3, 0.4) is 0 Å². The number of methoxy groups -OCH3 is 1. The van der Waals surface area contributed by atoms with Crippen LogP contribution in [0.2, 0.25) is 0 Å². The van der Waals surface area contributed by atoms with E-state index < -0.39 is 10.0 Å². The Morgan fingerprint density at radius 2 is 1.94 bits per heavy atom. The van der Waals surface area contributed by atoms with Gasteiger partial charge in [0.25, 0.3) is 0 Å². The predicted octanol–water partition coefficient (Wildman–Crippen LogP) is 3.08. The van der Waals surface area contributed by atoms with Gasteiger partial charge < -0.3 is 19.5 Å². The van der Waals surface area contributed by atoms with Crippen molar-refractivity contribution in [1.29, 1.82) is 0 Å². The largest absolute Gasteiger partial charge is 0.383 e. The van der Waals surface area contributed by atoms with Crippen LogP contribution < -0.4 is 14.9 Å². The third kappa shape index (κ3) is 4.77. The van der Waals surface area contributed by atoms with Gasteiger partial charge in [-0.05, 0) is 60.7 Å². The minimum Gasteiger partial charge on any atom is -0.383 e. The molecule has 0 aliphatic carbocycles. The Morgan fingerprint density at radius 3 is 2.59 bits per heavy atom. The fourth-order valence-electron chi connectivity index (χ4n) is 3.93. The number of hydrogen-bond acceptors (Lipinski definition) is 5. The molecule has 1 aliphatic heterocycles. The molecule has 0 spiro atoms. The number of anilines is 2. The minimum atomic E-state index is -3.35. The highest BCUT2D eigenvalue weighted by molar-refractivity contribution is 7.92. The molecular weight excluding hydrogens is 446 g/mol. The van der Waals surface area contributed by atoms with Gasteiger partial charge in [0.1, 0.15) is 6.04 Å². The van der Waals surface area contributed by atoms with E-state index in [2.05, 4.69) is 30.6 Å². The number of pyridine rings is 1. The molecule has 3 aromatic rings. The molecule has 0 unspecified atom stereocenters. The van der Waals surface area contributed by atoms with Crippen molar-refractivity contribution >= 4 is 38.7 Å². The molecule has 10 heteroatoms. The van der Waals surface area contributed by atoms with Gasteiger partial charge in [0.05, 0.1) is 24.6 Å². The summed E-state index contributed by atoms with van der Waals surface area (Å²) in [6, 6.07) is 16.8. The summed E-state index contributed by atoms with van der Waals surface area (Å²) in [6.45, 7) is 1.30. The summed E-state index contributed by atoms with van der Waals surface area (Å²) in [4.78, 5) is 6.62. The van der Waals surface area contributed by atoms with Gasteiger partial charge >= 0.3 is 0 Å². The molecule has 1 fully saturated rings. The number of benzene rings is 1. The van der Waals surface area contributed by atoms with Crippen LogP contribution in [-0.2, 0) is 21.3 Å². The third-order valence-corrected chi connectivity index (χ3v) is 6.17. The van der Waals surface area contributed by atoms with Gasteiger partial charge in [-0.2, -0.15) is 0 Å². The van der Waals surface area contributed by atoms with Gasteiger partial charge in [0.15, 0.2) is 5.11 Å². The van der Waals surface area contributed by atoms with Crippen molar-refractivity contribution in [2.45, 2.75) is 18.6 Å². The number of nitrogens with one attached hydrogen (secondary N) is 2. The molecule has 168 valence electrons. The molecule has 2 N–H and O–H groups in total. The summed E-state index contributed by atoms with van der Waals surface area (Å²) in [7, 11) is -1.67. The number of nitrogens with zero attached hydrogens (tertiary/aromatic N) is 3. The number of aromatic nitrogens is 2. The quantitative estimate of drug-likeness (QED) is 0.488. The summed E-state index contributed by atoms with van der Waals surface area (Å²) < 4.78 is 33.0. The molecule has 8 nitrogen and oxygen atoms in total. The third-order valence-electron chi connectivity index (χ3n) is 5.25. The second-order valence-corrected chi connectivity index (χ2v) is 9.67. The van der Waals surface area contributed by atoms with Gasteiger partial charge in [-0.3, -0.25) is 9.71 Å². The molecule has 32 heavy (non-hydrogen) atoms. The van der Waals surface area contributed by atoms with E-state index in [9.17, 15) is 8.42 Å². The average Bonchev–Trinajstić information content (AvgIpc) is 3.36. The first-order valence-corrected chi connectivity index (χ1v) is 12.4. The van der Waals surface area contributed by atoms with E-state index in [1.807, 2.05) is 42.6 Å². The van der Waals surface area contributed by atoms with Gasteiger partial charge in [-0.1, -0.05) is 6.07 Å². The highest BCUT2D eigenvalue weighted by atomic mass is 32.2. The molecular formula is C22H25N5O3S2. The summed E-state index contributed by atoms with van der Waals surface area (Å²) in [5, 5.41) is 4.01. The molecule has 0 saturated carbocycles. The predicted molar refractivity (Wildman–Crippen MR) is 129 cm³/mol. The second kappa shape index (κ2) is 9.27. The zero-order chi connectivity index (χ0) is 22.7. The Balaban J connectivity index is 1.75. The number of sulfonamides is 1. The van der Waals surface area contributed by atoms with Crippen LogP contribution in [0.1, 0.15) is 23.5 Å². The SMILES string of the molecule is COCCn1cccc1[C@@H]1[C@@H](c2ccccn2)NC(=S)N1c1ccc(NS(C)(=O)=O)cc1. The number of hydrogen-bond donors (Lipinski definition) is 2. The molecule has 0 amide bonds. The monoisotopic (exact) mass is 471 g/mol. The van der Waals surface area contributed by atoms with Crippen LogP contribution in [0.5, 0.6) is 0 Å². The van der Waals surface area contributed by atoms with Crippen molar-refractivity contribution in [3.8, 4) is 0 Å². The average molecular weight is 472 g/mol. The van der Waals surface area contributed by atoms with Gasteiger partial charge in [-0.25, -0.2) is 8.42 Å². The van der Waals surface area contributed by atoms with E-state index in [1.165, 1.54) is 0 Å². The van der Waals surface area contributed by atoms with Crippen molar-refractivity contribution in [1.82, 2.24) is 14.9 Å². The van der Waals surface area contributed by atoms with E-state index >= 15 is 0 Å². The first-order valence-electron chi connectivity index (χ1n) is 10.1. The van der Waals surface area contributed by atoms with Crippen molar-refractivity contribution in [2.24, 2.45) is 0 Å². The molecule has 1 aliphatic rings. The standard InChI is InChI=1S/C22H25N5O3S2/c1-30-15-14-26-13-5-7-19(26)21-20(18-6-3-4-12-23-18)24-22(31)27(21)17-10-8-16(9-11-17)25-32(2,28)29/h3-13,20-21,25H,14-15H2,1-2H3,(H,24,31)/t20-,21-/m1/s1. The topological polar surface area (TPSA) is 88.5 Å². The summed E-state index contributed by atoms with van der Waals surface area (Å²) in [5.41, 5.74) is 3.31. The zero-order valence-corrected chi connectivity index (χ0v) is 19.4. The van der Waals surface area contributed by atoms with Crippen molar-refractivity contribution in [2.75, 3.05) is 29.6 Å². The molecule has 3 heterocycles. The Labute approximate surface area is 193 Å². The fraction of sp³-hybridized carbons (Fsp3) is 0.273. The van der Waals surface area contributed by atoms with Crippen LogP contribution in [0.15, 0.2) is 67.0 Å². The second-order valence-electron chi connectivity index (χ2n) is 7.54. The molecule has 4 rings (SSSR count). The van der Waals surface area contributed by atoms with E-state index in [-0.39, 0.29) is 12.1 Å². The fourth-order valence-corrected chi connectivity index (χ4v) is 4.84. The highest BCUT2D eigenvalue weighted by Gasteiger charge is 2.41. The summed E-state index contributed by atoms with van der Waals surface area (Å²) in [6.07, 6.45) is 4.93. The maximum absolute atomic E-state index is 11.6. The Hall–Kier alpha value is -2.95. The molecule has 1 saturated heterocycles. The first kappa shape index (κ1) is 22.3. The number of rotatable bonds is 8. The molecule has 2 atom stereocenters. The van der Waals surface area contributed by atoms with Crippen molar-refractivity contribution < 1.29 is 13.2 Å². The smallest absolute Gasteiger partial charge is 0.229 e. The van der Waals surface area contributed by atoms with Gasteiger partial charge in [0.2, 0.25) is 10.0 Å². The molecule has 1 aromatic carbocycles. The molecule has 2 aromatic heterocycles. The van der Waals surface area contributed by atoms with Crippen LogP contribution in [-0.4, -0.2) is 43.1 Å². The van der Waals surface area contributed by atoms with Crippen LogP contribution in [0, 0.1) is 0 Å². The van der Waals surface area contributed by atoms with E-state index in [4.69, 9.17) is 17.0 Å². The summed E-state index contributed by atoms with van der Waals surface area (Å²) in [5.74, 6) is 0. The zero-order valence-electron chi connectivity index (χ0n) is 17.8. The normalized spacial score (nSPS) is 18.6. The first-order chi connectivity index (χ1) is 15.4. The minimum absolute atomic E-state index is 0.155. The van der Waals surface area contributed by atoms with Crippen LogP contribution in [0.4, 0.5) is 11.4 Å². The summed E-state index contributed by atoms with van der Waals surface area (Å²) >= 11 is 5.74. The van der Waals surface area contributed by atoms with E-state index in [0.29, 0.717) is 24.0 Å². The lowest BCUT2D eigenvalue weighted by Crippen LogP contribution is -2.30. The molecule has 0 bridgehead atoms. The van der Waals surface area contributed by atoms with E-state index in [1.54, 1.807) is 25.4 Å². The van der Waals surface area contributed by atoms with Crippen LogP contribution >= 0.6 is 12.2 Å². The van der Waals surface area contributed by atoms with Crippen molar-refractivity contribution in [3.63, 3.8) is 0 Å². The van der Waals surface area contributed by atoms with Crippen molar-refractivity contribution in [3.05, 3.63) is 78.4 Å². The lowest BCUT2D eigenvalue weighted by molar-refractivity contribution is 0.186. The lowest BCUT2D eigenvalue weighted by Gasteiger charge is -2.29. The Morgan fingerprint density at radius 1 is 1.16 bits per heavy atom. The van der Waals surface area contributed by atoms with Gasteiger partial charge in [0, 0.05) is 43.1 Å². The Bertz CT molecular complexity index is 1180.